The Hall–Kier alpha value is -2.34. The van der Waals surface area contributed by atoms with Gasteiger partial charge in [-0.3, -0.25) is 4.79 Å². The van der Waals surface area contributed by atoms with Crippen LogP contribution in [-0.4, -0.2) is 34.4 Å². The highest BCUT2D eigenvalue weighted by molar-refractivity contribution is 6.30. The number of halogens is 2. The number of nitrogens with zero attached hydrogens (tertiary/aromatic N) is 1. The van der Waals surface area contributed by atoms with Gasteiger partial charge in [-0.1, -0.05) is 29.8 Å². The molecule has 1 amide bonds. The van der Waals surface area contributed by atoms with Crippen molar-refractivity contribution < 1.29 is 18.7 Å². The number of rotatable bonds is 6. The second kappa shape index (κ2) is 7.05. The first-order chi connectivity index (χ1) is 11.5. The largest absolute Gasteiger partial charge is 0.451 e. The topological polar surface area (TPSA) is 62.4 Å². The Kier molecular flexibility index (Phi) is 4.85. The maximum atomic E-state index is 13.8. The van der Waals surface area contributed by atoms with Gasteiger partial charge in [-0.25, -0.2) is 9.18 Å². The van der Waals surface area contributed by atoms with Crippen molar-refractivity contribution in [1.82, 2.24) is 9.88 Å². The van der Waals surface area contributed by atoms with Gasteiger partial charge in [0.2, 0.25) is 0 Å². The maximum Gasteiger partial charge on any atom is 0.355 e. The fourth-order valence-corrected chi connectivity index (χ4v) is 2.55. The van der Waals surface area contributed by atoms with E-state index in [1.807, 2.05) is 0 Å². The van der Waals surface area contributed by atoms with Crippen LogP contribution >= 0.6 is 11.6 Å². The number of hydrogen-bond donors (Lipinski definition) is 1. The molecule has 0 atom stereocenters. The predicted molar refractivity (Wildman–Crippen MR) is 86.1 cm³/mol. The molecule has 2 aromatic rings. The number of H-pyrrole nitrogens is 1. The molecule has 1 aromatic heterocycles. The molecule has 1 aromatic carbocycles. The fraction of sp³-hybridized carbons (Fsp3) is 0.294. The summed E-state index contributed by atoms with van der Waals surface area (Å²) in [6, 6.07) is 7.83. The normalized spacial score (nSPS) is 13.6. The van der Waals surface area contributed by atoms with Gasteiger partial charge in [-0.15, -0.1) is 0 Å². The molecule has 0 unspecified atom stereocenters. The average Bonchev–Trinajstić information content (AvgIpc) is 3.32. The SMILES string of the molecule is O=C(OCC(=O)N(Cc1ccccc1F)C1CC1)c1cc(Cl)c[nH]1. The Morgan fingerprint density at radius 2 is 2.08 bits per heavy atom. The van der Waals surface area contributed by atoms with E-state index in [4.69, 9.17) is 16.3 Å². The minimum Gasteiger partial charge on any atom is -0.451 e. The molecule has 0 radical (unpaired) electrons. The van der Waals surface area contributed by atoms with Crippen molar-refractivity contribution in [3.05, 3.63) is 58.6 Å². The first-order valence-electron chi connectivity index (χ1n) is 7.58. The van der Waals surface area contributed by atoms with E-state index in [2.05, 4.69) is 4.98 Å². The van der Waals surface area contributed by atoms with E-state index in [0.717, 1.165) is 12.8 Å². The number of ether oxygens (including phenoxy) is 1. The number of carbonyl (C=O) groups is 2. The number of benzene rings is 1. The van der Waals surface area contributed by atoms with Gasteiger partial charge in [-0.05, 0) is 25.0 Å². The predicted octanol–water partition coefficient (Wildman–Crippen LogP) is 3.16. The molecule has 1 saturated carbocycles. The van der Waals surface area contributed by atoms with Crippen LogP contribution in [0, 0.1) is 5.82 Å². The third kappa shape index (κ3) is 3.94. The number of aromatic amines is 1. The molecule has 0 aliphatic heterocycles. The summed E-state index contributed by atoms with van der Waals surface area (Å²) in [5.41, 5.74) is 0.625. The lowest BCUT2D eigenvalue weighted by atomic mass is 10.2. The Bertz CT molecular complexity index is 758. The lowest BCUT2D eigenvalue weighted by molar-refractivity contribution is -0.135. The van der Waals surface area contributed by atoms with Gasteiger partial charge in [0.05, 0.1) is 5.02 Å². The summed E-state index contributed by atoms with van der Waals surface area (Å²) in [7, 11) is 0. The highest BCUT2D eigenvalue weighted by atomic mass is 35.5. The molecule has 0 saturated heterocycles. The Morgan fingerprint density at radius 3 is 2.71 bits per heavy atom. The minimum atomic E-state index is -0.656. The summed E-state index contributed by atoms with van der Waals surface area (Å²) in [4.78, 5) is 28.4. The molecule has 7 heteroatoms. The van der Waals surface area contributed by atoms with Gasteiger partial charge in [0, 0.05) is 24.3 Å². The molecule has 1 heterocycles. The van der Waals surface area contributed by atoms with Gasteiger partial charge < -0.3 is 14.6 Å². The first-order valence-corrected chi connectivity index (χ1v) is 7.96. The zero-order valence-electron chi connectivity index (χ0n) is 12.8. The molecule has 1 aliphatic rings. The molecule has 0 spiro atoms. The Balaban J connectivity index is 1.61. The number of esters is 1. The third-order valence-corrected chi connectivity index (χ3v) is 4.02. The minimum absolute atomic E-state index is 0.0794. The zero-order chi connectivity index (χ0) is 17.1. The van der Waals surface area contributed by atoms with Gasteiger partial charge >= 0.3 is 5.97 Å². The molecule has 1 aliphatic carbocycles. The standard InChI is InChI=1S/C17H16ClFN2O3/c18-12-7-15(20-8-12)17(23)24-10-16(22)21(13-5-6-13)9-11-3-1-2-4-14(11)19/h1-4,7-8,13,20H,5-6,9-10H2. The van der Waals surface area contributed by atoms with Crippen LogP contribution in [0.15, 0.2) is 36.5 Å². The Morgan fingerprint density at radius 1 is 1.33 bits per heavy atom. The van der Waals surface area contributed by atoms with Crippen LogP contribution in [0.3, 0.4) is 0 Å². The van der Waals surface area contributed by atoms with E-state index in [1.54, 1.807) is 23.1 Å². The third-order valence-electron chi connectivity index (χ3n) is 3.80. The van der Waals surface area contributed by atoms with Gasteiger partial charge in [0.25, 0.3) is 5.91 Å². The number of amides is 1. The van der Waals surface area contributed by atoms with Crippen LogP contribution in [0.2, 0.25) is 5.02 Å². The summed E-state index contributed by atoms with van der Waals surface area (Å²) in [5.74, 6) is -1.35. The van der Waals surface area contributed by atoms with E-state index >= 15 is 0 Å². The van der Waals surface area contributed by atoms with Crippen LogP contribution in [0.4, 0.5) is 4.39 Å². The first kappa shape index (κ1) is 16.5. The quantitative estimate of drug-likeness (QED) is 0.814. The summed E-state index contributed by atoms with van der Waals surface area (Å²) < 4.78 is 18.8. The average molecular weight is 351 g/mol. The van der Waals surface area contributed by atoms with Crippen molar-refractivity contribution >= 4 is 23.5 Å². The number of aromatic nitrogens is 1. The number of nitrogens with one attached hydrogen (secondary N) is 1. The smallest absolute Gasteiger partial charge is 0.355 e. The lowest BCUT2D eigenvalue weighted by Gasteiger charge is -2.22. The molecule has 1 N–H and O–H groups in total. The van der Waals surface area contributed by atoms with Crippen molar-refractivity contribution in [3.8, 4) is 0 Å². The molecule has 5 nitrogen and oxygen atoms in total. The molecule has 126 valence electrons. The van der Waals surface area contributed by atoms with Crippen LogP contribution in [0.1, 0.15) is 28.9 Å². The lowest BCUT2D eigenvalue weighted by Crippen LogP contribution is -2.36. The van der Waals surface area contributed by atoms with Gasteiger partial charge in [-0.2, -0.15) is 0 Å². The summed E-state index contributed by atoms with van der Waals surface area (Å²) in [6.45, 7) is -0.220. The van der Waals surface area contributed by atoms with Crippen molar-refractivity contribution in [3.63, 3.8) is 0 Å². The van der Waals surface area contributed by atoms with Crippen molar-refractivity contribution in [2.45, 2.75) is 25.4 Å². The van der Waals surface area contributed by atoms with Crippen LogP contribution < -0.4 is 0 Å². The molecular weight excluding hydrogens is 335 g/mol. The van der Waals surface area contributed by atoms with Crippen LogP contribution in [0.5, 0.6) is 0 Å². The molecule has 0 bridgehead atoms. The number of hydrogen-bond acceptors (Lipinski definition) is 3. The van der Waals surface area contributed by atoms with Crippen molar-refractivity contribution in [2.24, 2.45) is 0 Å². The summed E-state index contributed by atoms with van der Waals surface area (Å²) >= 11 is 5.72. The summed E-state index contributed by atoms with van der Waals surface area (Å²) in [5, 5.41) is 0.382. The van der Waals surface area contributed by atoms with E-state index in [9.17, 15) is 14.0 Å². The second-order valence-electron chi connectivity index (χ2n) is 5.65. The van der Waals surface area contributed by atoms with Gasteiger partial charge in [0.15, 0.2) is 6.61 Å². The highest BCUT2D eigenvalue weighted by Gasteiger charge is 2.33. The monoisotopic (exact) mass is 350 g/mol. The van der Waals surface area contributed by atoms with E-state index in [0.29, 0.717) is 10.6 Å². The van der Waals surface area contributed by atoms with Crippen LogP contribution in [-0.2, 0) is 16.1 Å². The zero-order valence-corrected chi connectivity index (χ0v) is 13.6. The van der Waals surface area contributed by atoms with Gasteiger partial charge in [0.1, 0.15) is 11.5 Å². The van der Waals surface area contributed by atoms with Crippen molar-refractivity contribution in [2.75, 3.05) is 6.61 Å². The van der Waals surface area contributed by atoms with Crippen molar-refractivity contribution in [1.29, 1.82) is 0 Å². The maximum absolute atomic E-state index is 13.8. The molecule has 1 fully saturated rings. The van der Waals surface area contributed by atoms with E-state index in [1.165, 1.54) is 18.3 Å². The van der Waals surface area contributed by atoms with E-state index < -0.39 is 5.97 Å². The molecular formula is C17H16ClFN2O3. The molecule has 24 heavy (non-hydrogen) atoms. The highest BCUT2D eigenvalue weighted by Crippen LogP contribution is 2.29. The number of carbonyl (C=O) groups excluding carboxylic acids is 2. The Labute approximate surface area is 143 Å². The summed E-state index contributed by atoms with van der Waals surface area (Å²) in [6.07, 6.45) is 3.20. The van der Waals surface area contributed by atoms with Crippen LogP contribution in [0.25, 0.3) is 0 Å². The second-order valence-corrected chi connectivity index (χ2v) is 6.09. The molecule has 3 rings (SSSR count). The van der Waals surface area contributed by atoms with E-state index in [-0.39, 0.29) is 36.6 Å². The fourth-order valence-electron chi connectivity index (χ4n) is 2.39.